The lowest BCUT2D eigenvalue weighted by atomic mass is 10.1. The number of ether oxygens (including phenoxy) is 1. The Labute approximate surface area is 158 Å². The van der Waals surface area contributed by atoms with Crippen molar-refractivity contribution >= 4 is 23.5 Å². The molecular weight excluding hydrogens is 338 g/mol. The maximum absolute atomic E-state index is 12.4. The third-order valence-corrected chi connectivity index (χ3v) is 3.98. The van der Waals surface area contributed by atoms with Crippen molar-refractivity contribution in [3.8, 4) is 5.75 Å². The van der Waals surface area contributed by atoms with Crippen molar-refractivity contribution in [1.29, 1.82) is 0 Å². The number of anilines is 1. The van der Waals surface area contributed by atoms with E-state index < -0.39 is 0 Å². The van der Waals surface area contributed by atoms with E-state index in [1.807, 2.05) is 36.4 Å². The van der Waals surface area contributed by atoms with Crippen LogP contribution in [-0.2, 0) is 0 Å². The van der Waals surface area contributed by atoms with E-state index in [4.69, 9.17) is 4.74 Å². The van der Waals surface area contributed by atoms with Gasteiger partial charge in [0.25, 0.3) is 5.91 Å². The Morgan fingerprint density at radius 2 is 1.59 bits per heavy atom. The van der Waals surface area contributed by atoms with Gasteiger partial charge in [-0.2, -0.15) is 0 Å². The van der Waals surface area contributed by atoms with Gasteiger partial charge >= 0.3 is 0 Å². The lowest BCUT2D eigenvalue weighted by Crippen LogP contribution is -2.11. The van der Waals surface area contributed by atoms with Gasteiger partial charge in [-0.3, -0.25) is 9.59 Å². The van der Waals surface area contributed by atoms with Crippen LogP contribution in [0.3, 0.4) is 0 Å². The van der Waals surface area contributed by atoms with Gasteiger partial charge in [-0.1, -0.05) is 48.5 Å². The molecule has 0 atom stereocenters. The van der Waals surface area contributed by atoms with Crippen LogP contribution >= 0.6 is 0 Å². The van der Waals surface area contributed by atoms with E-state index in [1.54, 1.807) is 55.7 Å². The lowest BCUT2D eigenvalue weighted by molar-refractivity contribution is 0.102. The Balaban J connectivity index is 1.68. The summed E-state index contributed by atoms with van der Waals surface area (Å²) in [6.07, 6.45) is 3.26. The second kappa shape index (κ2) is 8.63. The van der Waals surface area contributed by atoms with Gasteiger partial charge in [-0.15, -0.1) is 0 Å². The number of rotatable bonds is 6. The molecule has 0 aromatic heterocycles. The summed E-state index contributed by atoms with van der Waals surface area (Å²) < 4.78 is 5.09. The van der Waals surface area contributed by atoms with E-state index >= 15 is 0 Å². The highest BCUT2D eigenvalue weighted by Gasteiger charge is 2.06. The van der Waals surface area contributed by atoms with Gasteiger partial charge in [-0.25, -0.2) is 0 Å². The van der Waals surface area contributed by atoms with E-state index in [0.717, 1.165) is 5.56 Å². The predicted octanol–water partition coefficient (Wildman–Crippen LogP) is 4.84. The normalized spacial score (nSPS) is 10.6. The fourth-order valence-corrected chi connectivity index (χ4v) is 2.54. The van der Waals surface area contributed by atoms with Gasteiger partial charge in [-0.05, 0) is 48.0 Å². The van der Waals surface area contributed by atoms with Crippen LogP contribution < -0.4 is 10.1 Å². The van der Waals surface area contributed by atoms with Crippen LogP contribution in [0, 0.1) is 0 Å². The molecule has 27 heavy (non-hydrogen) atoms. The summed E-state index contributed by atoms with van der Waals surface area (Å²) in [7, 11) is 1.58. The summed E-state index contributed by atoms with van der Waals surface area (Å²) in [6.45, 7) is 0. The van der Waals surface area contributed by atoms with Crippen molar-refractivity contribution in [3.05, 3.63) is 102 Å². The molecule has 0 aliphatic carbocycles. The van der Waals surface area contributed by atoms with Crippen LogP contribution in [0.25, 0.3) is 6.08 Å². The van der Waals surface area contributed by atoms with Crippen molar-refractivity contribution in [2.45, 2.75) is 0 Å². The van der Waals surface area contributed by atoms with E-state index in [-0.39, 0.29) is 11.7 Å². The molecule has 0 bridgehead atoms. The zero-order valence-corrected chi connectivity index (χ0v) is 14.9. The molecule has 3 rings (SSSR count). The van der Waals surface area contributed by atoms with Gasteiger partial charge in [0.2, 0.25) is 0 Å². The lowest BCUT2D eigenvalue weighted by Gasteiger charge is -2.07. The minimum atomic E-state index is -0.209. The Bertz CT molecular complexity index is 960. The van der Waals surface area contributed by atoms with Crippen LogP contribution in [0.15, 0.2) is 84.9 Å². The third kappa shape index (κ3) is 4.92. The SMILES string of the molecule is COc1ccc(C(=O)Nc2cccc(/C=C/C(=O)c3ccccc3)c2)cc1. The van der Waals surface area contributed by atoms with Crippen molar-refractivity contribution in [2.75, 3.05) is 12.4 Å². The maximum Gasteiger partial charge on any atom is 0.255 e. The number of amides is 1. The topological polar surface area (TPSA) is 55.4 Å². The van der Waals surface area contributed by atoms with Gasteiger partial charge in [0.05, 0.1) is 7.11 Å². The fraction of sp³-hybridized carbons (Fsp3) is 0.0435. The first-order valence-corrected chi connectivity index (χ1v) is 8.48. The second-order valence-electron chi connectivity index (χ2n) is 5.87. The highest BCUT2D eigenvalue weighted by atomic mass is 16.5. The third-order valence-electron chi connectivity index (χ3n) is 3.98. The first kappa shape index (κ1) is 18.1. The summed E-state index contributed by atoms with van der Waals surface area (Å²) in [6, 6.07) is 23.3. The minimum absolute atomic E-state index is 0.0664. The van der Waals surface area contributed by atoms with Crippen LogP contribution in [-0.4, -0.2) is 18.8 Å². The zero-order valence-electron chi connectivity index (χ0n) is 14.9. The summed E-state index contributed by atoms with van der Waals surface area (Å²) in [5.74, 6) is 0.421. The van der Waals surface area contributed by atoms with Crippen molar-refractivity contribution in [3.63, 3.8) is 0 Å². The van der Waals surface area contributed by atoms with Gasteiger partial charge in [0, 0.05) is 16.8 Å². The number of carbonyl (C=O) groups is 2. The highest BCUT2D eigenvalue weighted by molar-refractivity contribution is 6.07. The molecule has 3 aromatic rings. The molecule has 1 N–H and O–H groups in total. The monoisotopic (exact) mass is 357 g/mol. The number of hydrogen-bond donors (Lipinski definition) is 1. The number of methoxy groups -OCH3 is 1. The average molecular weight is 357 g/mol. The van der Waals surface area contributed by atoms with Crippen LogP contribution in [0.2, 0.25) is 0 Å². The van der Waals surface area contributed by atoms with E-state index in [0.29, 0.717) is 22.6 Å². The molecule has 0 fully saturated rings. The van der Waals surface area contributed by atoms with Gasteiger partial charge in [0.15, 0.2) is 5.78 Å². The van der Waals surface area contributed by atoms with E-state index in [1.165, 1.54) is 6.08 Å². The quantitative estimate of drug-likeness (QED) is 0.507. The average Bonchev–Trinajstić information content (AvgIpc) is 2.73. The van der Waals surface area contributed by atoms with Crippen molar-refractivity contribution in [1.82, 2.24) is 0 Å². The van der Waals surface area contributed by atoms with Crippen molar-refractivity contribution < 1.29 is 14.3 Å². The molecule has 0 saturated carbocycles. The predicted molar refractivity (Wildman–Crippen MR) is 107 cm³/mol. The standard InChI is InChI=1S/C23H19NO3/c1-27-21-13-11-19(12-14-21)23(26)24-20-9-5-6-17(16-20)10-15-22(25)18-7-3-2-4-8-18/h2-16H,1H3,(H,24,26)/b15-10+. The van der Waals surface area contributed by atoms with Crippen LogP contribution in [0.1, 0.15) is 26.3 Å². The largest absolute Gasteiger partial charge is 0.497 e. The molecule has 1 amide bonds. The summed E-state index contributed by atoms with van der Waals surface area (Å²) in [5, 5.41) is 2.86. The molecule has 0 saturated heterocycles. The number of hydrogen-bond acceptors (Lipinski definition) is 3. The Hall–Kier alpha value is -3.66. The van der Waals surface area contributed by atoms with E-state index in [2.05, 4.69) is 5.32 Å². The molecule has 134 valence electrons. The van der Waals surface area contributed by atoms with Gasteiger partial charge in [0.1, 0.15) is 5.75 Å². The Morgan fingerprint density at radius 3 is 2.30 bits per heavy atom. The molecular formula is C23H19NO3. The molecule has 0 aliphatic heterocycles. The minimum Gasteiger partial charge on any atom is -0.497 e. The molecule has 0 spiro atoms. The first-order chi connectivity index (χ1) is 13.2. The smallest absolute Gasteiger partial charge is 0.255 e. The number of ketones is 1. The summed E-state index contributed by atoms with van der Waals surface area (Å²) in [4.78, 5) is 24.5. The molecule has 4 nitrogen and oxygen atoms in total. The molecule has 3 aromatic carbocycles. The van der Waals surface area contributed by atoms with Crippen LogP contribution in [0.5, 0.6) is 5.75 Å². The molecule has 0 heterocycles. The number of carbonyl (C=O) groups excluding carboxylic acids is 2. The maximum atomic E-state index is 12.4. The Kier molecular flexibility index (Phi) is 5.80. The summed E-state index contributed by atoms with van der Waals surface area (Å²) in [5.41, 5.74) is 2.66. The number of allylic oxidation sites excluding steroid dienone is 1. The summed E-state index contributed by atoms with van der Waals surface area (Å²) >= 11 is 0. The number of nitrogens with one attached hydrogen (secondary N) is 1. The van der Waals surface area contributed by atoms with Gasteiger partial charge < -0.3 is 10.1 Å². The number of benzene rings is 3. The first-order valence-electron chi connectivity index (χ1n) is 8.48. The molecule has 4 heteroatoms. The molecule has 0 aliphatic rings. The fourth-order valence-electron chi connectivity index (χ4n) is 2.54. The van der Waals surface area contributed by atoms with Crippen molar-refractivity contribution in [2.24, 2.45) is 0 Å². The highest BCUT2D eigenvalue weighted by Crippen LogP contribution is 2.16. The zero-order chi connectivity index (χ0) is 19.1. The molecule has 0 unspecified atom stereocenters. The van der Waals surface area contributed by atoms with Crippen LogP contribution in [0.4, 0.5) is 5.69 Å². The Morgan fingerprint density at radius 1 is 0.852 bits per heavy atom. The molecule has 0 radical (unpaired) electrons. The second-order valence-corrected chi connectivity index (χ2v) is 5.87. The van der Waals surface area contributed by atoms with E-state index in [9.17, 15) is 9.59 Å².